The first kappa shape index (κ1) is 15.4. The second-order valence-corrected chi connectivity index (χ2v) is 6.30. The molecule has 120 valence electrons. The number of fused-ring (bicyclic) bond motifs is 1. The Hall–Kier alpha value is -1.48. The van der Waals surface area contributed by atoms with Crippen LogP contribution in [0.15, 0.2) is 11.6 Å². The van der Waals surface area contributed by atoms with E-state index in [1.165, 1.54) is 11.5 Å². The van der Waals surface area contributed by atoms with Crippen molar-refractivity contribution in [2.45, 2.75) is 32.1 Å². The SMILES string of the molecule is CN(Cc1csnn1)CC1CCc2nc(C(F)(F)F)cn2C1. The van der Waals surface area contributed by atoms with Crippen LogP contribution < -0.4 is 0 Å². The molecule has 22 heavy (non-hydrogen) atoms. The predicted molar refractivity (Wildman–Crippen MR) is 75.3 cm³/mol. The molecule has 1 atom stereocenters. The van der Waals surface area contributed by atoms with Crippen LogP contribution in [0, 0.1) is 5.92 Å². The molecule has 1 unspecified atom stereocenters. The Bertz CT molecular complexity index is 622. The van der Waals surface area contributed by atoms with Gasteiger partial charge >= 0.3 is 6.18 Å². The lowest BCUT2D eigenvalue weighted by molar-refractivity contribution is -0.141. The second kappa shape index (κ2) is 5.96. The molecule has 0 N–H and O–H groups in total. The Balaban J connectivity index is 1.60. The van der Waals surface area contributed by atoms with Gasteiger partial charge < -0.3 is 9.47 Å². The summed E-state index contributed by atoms with van der Waals surface area (Å²) in [6.45, 7) is 2.10. The highest BCUT2D eigenvalue weighted by Crippen LogP contribution is 2.30. The number of halogens is 3. The minimum atomic E-state index is -4.37. The molecule has 3 heterocycles. The van der Waals surface area contributed by atoms with E-state index in [9.17, 15) is 13.2 Å². The summed E-state index contributed by atoms with van der Waals surface area (Å²) in [6.07, 6.45) is -1.79. The van der Waals surface area contributed by atoms with E-state index in [0.717, 1.165) is 24.9 Å². The van der Waals surface area contributed by atoms with Gasteiger partial charge in [0.25, 0.3) is 0 Å². The Morgan fingerprint density at radius 3 is 2.95 bits per heavy atom. The zero-order valence-electron chi connectivity index (χ0n) is 12.0. The van der Waals surface area contributed by atoms with E-state index in [2.05, 4.69) is 19.5 Å². The molecule has 0 saturated carbocycles. The summed E-state index contributed by atoms with van der Waals surface area (Å²) in [7, 11) is 1.99. The maximum absolute atomic E-state index is 12.7. The van der Waals surface area contributed by atoms with Crippen molar-refractivity contribution in [2.24, 2.45) is 5.92 Å². The molecular formula is C13H16F3N5S. The largest absolute Gasteiger partial charge is 0.434 e. The summed E-state index contributed by atoms with van der Waals surface area (Å²) in [5.41, 5.74) is 0.135. The van der Waals surface area contributed by atoms with Crippen LogP contribution in [0.2, 0.25) is 0 Å². The molecular weight excluding hydrogens is 315 g/mol. The highest BCUT2D eigenvalue weighted by molar-refractivity contribution is 7.03. The fourth-order valence-corrected chi connectivity index (χ4v) is 3.28. The Morgan fingerprint density at radius 2 is 2.27 bits per heavy atom. The van der Waals surface area contributed by atoms with Crippen LogP contribution in [0.5, 0.6) is 0 Å². The quantitative estimate of drug-likeness (QED) is 0.863. The van der Waals surface area contributed by atoms with E-state index < -0.39 is 11.9 Å². The van der Waals surface area contributed by atoms with Crippen LogP contribution in [0.25, 0.3) is 0 Å². The summed E-state index contributed by atoms with van der Waals surface area (Å²) >= 11 is 1.32. The fraction of sp³-hybridized carbons (Fsp3) is 0.615. The van der Waals surface area contributed by atoms with Gasteiger partial charge in [-0.25, -0.2) is 4.98 Å². The fourth-order valence-electron chi connectivity index (χ4n) is 2.83. The summed E-state index contributed by atoms with van der Waals surface area (Å²) in [5, 5.41) is 5.91. The van der Waals surface area contributed by atoms with Crippen molar-refractivity contribution in [3.05, 3.63) is 28.8 Å². The summed E-state index contributed by atoms with van der Waals surface area (Å²) < 4.78 is 43.6. The maximum Gasteiger partial charge on any atom is 0.434 e. The third-order valence-electron chi connectivity index (χ3n) is 3.79. The monoisotopic (exact) mass is 331 g/mol. The third kappa shape index (κ3) is 3.46. The number of alkyl halides is 3. The predicted octanol–water partition coefficient (Wildman–Crippen LogP) is 2.45. The van der Waals surface area contributed by atoms with Crippen LogP contribution in [-0.4, -0.2) is 37.6 Å². The van der Waals surface area contributed by atoms with Crippen molar-refractivity contribution in [1.29, 1.82) is 0 Å². The normalized spacial score (nSPS) is 18.7. The lowest BCUT2D eigenvalue weighted by Gasteiger charge is -2.27. The molecule has 0 aliphatic carbocycles. The zero-order chi connectivity index (χ0) is 15.7. The van der Waals surface area contributed by atoms with Crippen molar-refractivity contribution >= 4 is 11.5 Å². The third-order valence-corrected chi connectivity index (χ3v) is 4.34. The summed E-state index contributed by atoms with van der Waals surface area (Å²) in [4.78, 5) is 5.84. The average molecular weight is 331 g/mol. The van der Waals surface area contributed by atoms with E-state index in [0.29, 0.717) is 31.3 Å². The second-order valence-electron chi connectivity index (χ2n) is 5.69. The number of hydrogen-bond acceptors (Lipinski definition) is 5. The minimum Gasteiger partial charge on any atom is -0.334 e. The van der Waals surface area contributed by atoms with Gasteiger partial charge in [-0.1, -0.05) is 4.49 Å². The Morgan fingerprint density at radius 1 is 1.45 bits per heavy atom. The van der Waals surface area contributed by atoms with Crippen LogP contribution in [-0.2, 0) is 25.7 Å². The van der Waals surface area contributed by atoms with Gasteiger partial charge in [0, 0.05) is 37.6 Å². The van der Waals surface area contributed by atoms with Crippen LogP contribution in [0.3, 0.4) is 0 Å². The number of aromatic nitrogens is 4. The van der Waals surface area contributed by atoms with E-state index in [1.54, 1.807) is 4.57 Å². The number of aryl methyl sites for hydroxylation is 1. The standard InChI is InChI=1S/C13H16F3N5S/c1-20(6-10-8-22-19-18-10)4-9-2-3-12-17-11(13(14,15)16)7-21(12)5-9/h7-9H,2-6H2,1H3. The van der Waals surface area contributed by atoms with Crippen molar-refractivity contribution in [2.75, 3.05) is 13.6 Å². The topological polar surface area (TPSA) is 46.8 Å². The van der Waals surface area contributed by atoms with Gasteiger partial charge in [0.05, 0.1) is 5.69 Å². The maximum atomic E-state index is 12.7. The lowest BCUT2D eigenvalue weighted by atomic mass is 9.99. The van der Waals surface area contributed by atoms with Gasteiger partial charge in [0.15, 0.2) is 5.69 Å². The smallest absolute Gasteiger partial charge is 0.334 e. The zero-order valence-corrected chi connectivity index (χ0v) is 12.9. The summed E-state index contributed by atoms with van der Waals surface area (Å²) in [5.74, 6) is 0.856. The first-order valence-corrected chi connectivity index (χ1v) is 7.83. The van der Waals surface area contributed by atoms with Crippen molar-refractivity contribution in [3.63, 3.8) is 0 Å². The van der Waals surface area contributed by atoms with Gasteiger partial charge in [0.1, 0.15) is 5.82 Å². The average Bonchev–Trinajstić information content (AvgIpc) is 3.06. The van der Waals surface area contributed by atoms with Crippen LogP contribution >= 0.6 is 11.5 Å². The molecule has 0 aromatic carbocycles. The van der Waals surface area contributed by atoms with E-state index in [4.69, 9.17) is 0 Å². The Labute approximate surface area is 129 Å². The number of imidazole rings is 1. The molecule has 2 aromatic rings. The van der Waals surface area contributed by atoms with Gasteiger partial charge in [-0.15, -0.1) is 5.10 Å². The first-order chi connectivity index (χ1) is 10.4. The molecule has 0 spiro atoms. The molecule has 0 fully saturated rings. The first-order valence-electron chi connectivity index (χ1n) is 6.99. The molecule has 3 rings (SSSR count). The molecule has 0 amide bonds. The van der Waals surface area contributed by atoms with E-state index in [1.807, 2.05) is 12.4 Å². The number of rotatable bonds is 4. The number of hydrogen-bond donors (Lipinski definition) is 0. The molecule has 0 radical (unpaired) electrons. The number of nitrogens with zero attached hydrogens (tertiary/aromatic N) is 5. The van der Waals surface area contributed by atoms with Crippen LogP contribution in [0.1, 0.15) is 23.6 Å². The van der Waals surface area contributed by atoms with Crippen LogP contribution in [0.4, 0.5) is 13.2 Å². The lowest BCUT2D eigenvalue weighted by Crippen LogP contribution is -2.31. The van der Waals surface area contributed by atoms with E-state index >= 15 is 0 Å². The molecule has 0 saturated heterocycles. The summed E-state index contributed by atoms with van der Waals surface area (Å²) in [6, 6.07) is 0. The van der Waals surface area contributed by atoms with Gasteiger partial charge in [-0.3, -0.25) is 0 Å². The molecule has 1 aliphatic rings. The van der Waals surface area contributed by atoms with Gasteiger partial charge in [-0.2, -0.15) is 13.2 Å². The highest BCUT2D eigenvalue weighted by Gasteiger charge is 2.35. The van der Waals surface area contributed by atoms with Crippen molar-refractivity contribution in [1.82, 2.24) is 24.0 Å². The molecule has 9 heteroatoms. The van der Waals surface area contributed by atoms with Crippen molar-refractivity contribution in [3.8, 4) is 0 Å². The molecule has 2 aromatic heterocycles. The molecule has 0 bridgehead atoms. The highest BCUT2D eigenvalue weighted by atomic mass is 32.1. The van der Waals surface area contributed by atoms with E-state index in [-0.39, 0.29) is 0 Å². The van der Waals surface area contributed by atoms with Gasteiger partial charge in [0.2, 0.25) is 0 Å². The molecule has 5 nitrogen and oxygen atoms in total. The molecule has 1 aliphatic heterocycles. The Kier molecular flexibility index (Phi) is 4.18. The van der Waals surface area contributed by atoms with Crippen molar-refractivity contribution < 1.29 is 13.2 Å². The minimum absolute atomic E-state index is 0.319. The van der Waals surface area contributed by atoms with Gasteiger partial charge in [-0.05, 0) is 30.9 Å².